The Morgan fingerprint density at radius 1 is 1.19 bits per heavy atom. The summed E-state index contributed by atoms with van der Waals surface area (Å²) in [7, 11) is 0. The summed E-state index contributed by atoms with van der Waals surface area (Å²) in [6.45, 7) is 4.00. The lowest BCUT2D eigenvalue weighted by Crippen LogP contribution is -2.20. The number of aromatic nitrogens is 2. The lowest BCUT2D eigenvalue weighted by Gasteiger charge is -2.15. The second kappa shape index (κ2) is 5.66. The highest BCUT2D eigenvalue weighted by Crippen LogP contribution is 2.34. The summed E-state index contributed by atoms with van der Waals surface area (Å²) in [6.07, 6.45) is 1.23. The largest absolute Gasteiger partial charge is 0.443 e. The quantitative estimate of drug-likeness (QED) is 0.552. The van der Waals surface area contributed by atoms with Gasteiger partial charge in [-0.2, -0.15) is 0 Å². The van der Waals surface area contributed by atoms with Crippen LogP contribution < -0.4 is 11.3 Å². The number of hydrogen-bond acceptors (Lipinski definition) is 4. The molecular formula is C19H15F2N3O2. The minimum Gasteiger partial charge on any atom is -0.443 e. The number of nitrogens with zero attached hydrogens (tertiary/aromatic N) is 2. The summed E-state index contributed by atoms with van der Waals surface area (Å²) in [5.74, 6) is -1.32. The summed E-state index contributed by atoms with van der Waals surface area (Å²) in [5.41, 5.74) is 7.34. The van der Waals surface area contributed by atoms with Crippen molar-refractivity contribution in [1.82, 2.24) is 9.55 Å². The average Bonchev–Trinajstić information content (AvgIpc) is 3.10. The van der Waals surface area contributed by atoms with E-state index in [-0.39, 0.29) is 22.3 Å². The number of nitrogen functional groups attached to an aromatic ring is 1. The Morgan fingerprint density at radius 3 is 2.69 bits per heavy atom. The number of pyridine rings is 1. The van der Waals surface area contributed by atoms with E-state index in [2.05, 4.69) is 4.98 Å². The molecule has 0 unspecified atom stereocenters. The number of oxazole rings is 1. The Balaban J connectivity index is 2.15. The first-order chi connectivity index (χ1) is 12.4. The van der Waals surface area contributed by atoms with Crippen molar-refractivity contribution in [2.24, 2.45) is 0 Å². The second-order valence-corrected chi connectivity index (χ2v) is 6.07. The molecule has 2 aromatic carbocycles. The Hall–Kier alpha value is -3.22. The van der Waals surface area contributed by atoms with E-state index in [9.17, 15) is 13.6 Å². The molecule has 0 atom stereocenters. The van der Waals surface area contributed by atoms with Crippen LogP contribution in [0.15, 0.2) is 39.9 Å². The number of hydrogen-bond donors (Lipinski definition) is 1. The molecule has 0 amide bonds. The van der Waals surface area contributed by atoms with Crippen LogP contribution in [0.5, 0.6) is 0 Å². The van der Waals surface area contributed by atoms with Crippen LogP contribution in [-0.4, -0.2) is 9.55 Å². The van der Waals surface area contributed by atoms with Gasteiger partial charge in [-0.05, 0) is 37.1 Å². The van der Waals surface area contributed by atoms with Gasteiger partial charge in [-0.3, -0.25) is 4.79 Å². The highest BCUT2D eigenvalue weighted by molar-refractivity contribution is 6.03. The fourth-order valence-corrected chi connectivity index (χ4v) is 3.41. The van der Waals surface area contributed by atoms with Crippen molar-refractivity contribution in [3.63, 3.8) is 0 Å². The molecule has 0 fully saturated rings. The summed E-state index contributed by atoms with van der Waals surface area (Å²) in [4.78, 5) is 16.7. The van der Waals surface area contributed by atoms with Crippen molar-refractivity contribution >= 4 is 27.7 Å². The zero-order chi connectivity index (χ0) is 18.6. The van der Waals surface area contributed by atoms with Crippen molar-refractivity contribution in [1.29, 1.82) is 0 Å². The zero-order valence-corrected chi connectivity index (χ0v) is 14.1. The molecule has 0 aliphatic rings. The lowest BCUT2D eigenvalue weighted by atomic mass is 9.96. The number of halogens is 2. The second-order valence-electron chi connectivity index (χ2n) is 6.07. The minimum atomic E-state index is -0.695. The molecule has 26 heavy (non-hydrogen) atoms. The van der Waals surface area contributed by atoms with E-state index in [0.717, 1.165) is 12.1 Å². The van der Waals surface area contributed by atoms with E-state index >= 15 is 0 Å². The third-order valence-corrected chi connectivity index (χ3v) is 4.65. The monoisotopic (exact) mass is 355 g/mol. The van der Waals surface area contributed by atoms with Crippen LogP contribution in [0.3, 0.4) is 0 Å². The summed E-state index contributed by atoms with van der Waals surface area (Å²) in [5, 5.41) is 0.691. The first-order valence-electron chi connectivity index (χ1n) is 8.08. The molecule has 2 heterocycles. The molecule has 0 saturated carbocycles. The first kappa shape index (κ1) is 16.3. The molecule has 2 N–H and O–H groups in total. The van der Waals surface area contributed by atoms with Crippen molar-refractivity contribution in [3.05, 3.63) is 58.2 Å². The topological polar surface area (TPSA) is 74.0 Å². The van der Waals surface area contributed by atoms with Crippen LogP contribution in [0.4, 0.5) is 14.5 Å². The molecule has 5 nitrogen and oxygen atoms in total. The molecule has 4 rings (SSSR count). The molecule has 0 aliphatic heterocycles. The van der Waals surface area contributed by atoms with Crippen LogP contribution in [0, 0.1) is 18.6 Å². The Kier molecular flexibility index (Phi) is 3.54. The van der Waals surface area contributed by atoms with Crippen molar-refractivity contribution in [2.45, 2.75) is 20.4 Å². The number of fused-ring (bicyclic) bond motifs is 3. The predicted molar refractivity (Wildman–Crippen MR) is 96.0 cm³/mol. The SMILES string of the molecule is CCn1c(=O)c2ncoc2c2ccc(-c3cc(F)c(N)cc3F)c(C)c21. The van der Waals surface area contributed by atoms with E-state index in [1.807, 2.05) is 6.92 Å². The van der Waals surface area contributed by atoms with Gasteiger partial charge in [-0.1, -0.05) is 6.07 Å². The van der Waals surface area contributed by atoms with Gasteiger partial charge in [0.05, 0.1) is 11.2 Å². The van der Waals surface area contributed by atoms with Crippen LogP contribution in [0.25, 0.3) is 33.1 Å². The van der Waals surface area contributed by atoms with Gasteiger partial charge in [0.15, 0.2) is 17.5 Å². The molecular weight excluding hydrogens is 340 g/mol. The van der Waals surface area contributed by atoms with Gasteiger partial charge in [-0.15, -0.1) is 0 Å². The van der Waals surface area contributed by atoms with Gasteiger partial charge < -0.3 is 14.7 Å². The fraction of sp³-hybridized carbons (Fsp3) is 0.158. The Labute approximate surface area is 146 Å². The van der Waals surface area contributed by atoms with E-state index in [0.29, 0.717) is 34.2 Å². The maximum Gasteiger partial charge on any atom is 0.280 e. The van der Waals surface area contributed by atoms with Crippen LogP contribution in [-0.2, 0) is 6.54 Å². The maximum absolute atomic E-state index is 14.4. The van der Waals surface area contributed by atoms with Crippen molar-refractivity contribution < 1.29 is 13.2 Å². The highest BCUT2D eigenvalue weighted by Gasteiger charge is 2.19. The minimum absolute atomic E-state index is 0.0869. The molecule has 7 heteroatoms. The molecule has 0 bridgehead atoms. The molecule has 0 saturated heterocycles. The van der Waals surface area contributed by atoms with Crippen LogP contribution in [0.2, 0.25) is 0 Å². The molecule has 0 radical (unpaired) electrons. The first-order valence-corrected chi connectivity index (χ1v) is 8.08. The van der Waals surface area contributed by atoms with E-state index in [1.54, 1.807) is 23.6 Å². The van der Waals surface area contributed by atoms with Crippen LogP contribution in [0.1, 0.15) is 12.5 Å². The third kappa shape index (κ3) is 2.13. The Bertz CT molecular complexity index is 1240. The van der Waals surface area contributed by atoms with Crippen molar-refractivity contribution in [2.75, 3.05) is 5.73 Å². The van der Waals surface area contributed by atoms with Gasteiger partial charge in [0.25, 0.3) is 5.56 Å². The molecule has 2 aromatic heterocycles. The van der Waals surface area contributed by atoms with Crippen molar-refractivity contribution in [3.8, 4) is 11.1 Å². The molecule has 0 aliphatic carbocycles. The molecule has 132 valence electrons. The van der Waals surface area contributed by atoms with Gasteiger partial charge in [0.2, 0.25) is 0 Å². The highest BCUT2D eigenvalue weighted by atomic mass is 19.1. The van der Waals surface area contributed by atoms with E-state index in [4.69, 9.17) is 10.2 Å². The lowest BCUT2D eigenvalue weighted by molar-refractivity contribution is 0.604. The average molecular weight is 355 g/mol. The summed E-state index contributed by atoms with van der Waals surface area (Å²) >= 11 is 0. The molecule has 0 spiro atoms. The standard InChI is InChI=1S/C19H15F2N3O2/c1-3-24-17-9(2)10(12-6-14(21)15(22)7-13(12)20)4-5-11(17)18-16(19(24)25)23-8-26-18/h4-8H,3,22H2,1-2H3. The smallest absolute Gasteiger partial charge is 0.280 e. The van der Waals surface area contributed by atoms with Gasteiger partial charge in [0.1, 0.15) is 11.6 Å². The van der Waals surface area contributed by atoms with E-state index < -0.39 is 11.6 Å². The normalized spacial score (nSPS) is 11.5. The summed E-state index contributed by atoms with van der Waals surface area (Å²) < 4.78 is 35.3. The van der Waals surface area contributed by atoms with E-state index in [1.165, 1.54) is 6.39 Å². The number of rotatable bonds is 2. The number of benzene rings is 2. The number of nitrogens with two attached hydrogens (primary N) is 1. The fourth-order valence-electron chi connectivity index (χ4n) is 3.41. The maximum atomic E-state index is 14.4. The Morgan fingerprint density at radius 2 is 1.96 bits per heavy atom. The summed E-state index contributed by atoms with van der Waals surface area (Å²) in [6, 6.07) is 5.43. The third-order valence-electron chi connectivity index (χ3n) is 4.65. The molecule has 4 aromatic rings. The van der Waals surface area contributed by atoms with Gasteiger partial charge in [0, 0.05) is 23.6 Å². The zero-order valence-electron chi connectivity index (χ0n) is 14.1. The van der Waals surface area contributed by atoms with Gasteiger partial charge in [-0.25, -0.2) is 13.8 Å². The number of aryl methyl sites for hydroxylation is 2. The number of anilines is 1. The predicted octanol–water partition coefficient (Wildman–Crippen LogP) is 4.00. The van der Waals surface area contributed by atoms with Gasteiger partial charge >= 0.3 is 0 Å². The van der Waals surface area contributed by atoms with Crippen LogP contribution >= 0.6 is 0 Å².